The first-order chi connectivity index (χ1) is 13.3. The van der Waals surface area contributed by atoms with Gasteiger partial charge in [-0.3, -0.25) is 9.13 Å². The molecule has 1 aliphatic heterocycles. The van der Waals surface area contributed by atoms with Gasteiger partial charge in [-0.1, -0.05) is 0 Å². The number of hydrogen-bond acceptors (Lipinski definition) is 11. The summed E-state index contributed by atoms with van der Waals surface area (Å²) in [5.41, 5.74) is 5.97. The van der Waals surface area contributed by atoms with Crippen molar-refractivity contribution in [3.63, 3.8) is 0 Å². The molecule has 3 heterocycles. The highest BCUT2D eigenvalue weighted by Gasteiger charge is 2.46. The highest BCUT2D eigenvalue weighted by atomic mass is 35.5. The largest absolute Gasteiger partial charge is 0.387 e. The summed E-state index contributed by atoms with van der Waals surface area (Å²) in [5, 5.41) is 17.9. The second-order valence-electron chi connectivity index (χ2n) is 6.31. The molecular formula is C12H17ClN5O9PS. The SMILES string of the molecule is CS(=O)(=O)C(OCC1OC(n2cnc3c(N)nc(Cl)nc32)C(O)C1O)P(=O)(O)O. The quantitative estimate of drug-likeness (QED) is 0.231. The van der Waals surface area contributed by atoms with E-state index in [1.807, 2.05) is 0 Å². The van der Waals surface area contributed by atoms with Gasteiger partial charge in [-0.2, -0.15) is 9.97 Å². The molecule has 0 bridgehead atoms. The van der Waals surface area contributed by atoms with Gasteiger partial charge in [-0.05, 0) is 11.6 Å². The number of halogens is 1. The number of rotatable bonds is 6. The average molecular weight is 474 g/mol. The van der Waals surface area contributed by atoms with Gasteiger partial charge in [0.25, 0.3) is 5.18 Å². The second kappa shape index (κ2) is 7.68. The van der Waals surface area contributed by atoms with Gasteiger partial charge >= 0.3 is 7.60 Å². The number of imidazole rings is 1. The molecule has 0 spiro atoms. The summed E-state index contributed by atoms with van der Waals surface area (Å²) in [6, 6.07) is 0. The summed E-state index contributed by atoms with van der Waals surface area (Å²) in [6.45, 7) is -0.734. The monoisotopic (exact) mass is 473 g/mol. The molecule has 1 saturated heterocycles. The molecule has 5 unspecified atom stereocenters. The third-order valence-corrected chi connectivity index (χ3v) is 7.79. The van der Waals surface area contributed by atoms with Gasteiger partial charge in [-0.25, -0.2) is 13.4 Å². The molecular weight excluding hydrogens is 457 g/mol. The molecule has 14 nitrogen and oxygen atoms in total. The Morgan fingerprint density at radius 3 is 2.62 bits per heavy atom. The van der Waals surface area contributed by atoms with Crippen molar-refractivity contribution in [2.24, 2.45) is 0 Å². The van der Waals surface area contributed by atoms with Crippen LogP contribution in [0.3, 0.4) is 0 Å². The summed E-state index contributed by atoms with van der Waals surface area (Å²) in [7, 11) is -9.45. The van der Waals surface area contributed by atoms with E-state index in [1.165, 1.54) is 10.9 Å². The van der Waals surface area contributed by atoms with E-state index in [0.717, 1.165) is 0 Å². The number of anilines is 1. The van der Waals surface area contributed by atoms with Gasteiger partial charge in [-0.15, -0.1) is 0 Å². The van der Waals surface area contributed by atoms with Gasteiger partial charge in [0, 0.05) is 6.26 Å². The topological polar surface area (TPSA) is 220 Å². The van der Waals surface area contributed by atoms with Gasteiger partial charge < -0.3 is 35.2 Å². The van der Waals surface area contributed by atoms with Gasteiger partial charge in [0.05, 0.1) is 12.9 Å². The Balaban J connectivity index is 1.83. The molecule has 2 aromatic rings. The van der Waals surface area contributed by atoms with E-state index in [2.05, 4.69) is 15.0 Å². The minimum absolute atomic E-state index is 0.0238. The number of nitrogens with two attached hydrogens (primary N) is 1. The van der Waals surface area contributed by atoms with Crippen LogP contribution in [0.25, 0.3) is 11.2 Å². The lowest BCUT2D eigenvalue weighted by Gasteiger charge is -2.20. The van der Waals surface area contributed by atoms with Crippen molar-refractivity contribution in [1.82, 2.24) is 19.5 Å². The molecule has 6 N–H and O–H groups in total. The zero-order chi connectivity index (χ0) is 21.7. The molecule has 0 aromatic carbocycles. The number of hydrogen-bond donors (Lipinski definition) is 5. The van der Waals surface area contributed by atoms with E-state index in [1.54, 1.807) is 0 Å². The molecule has 162 valence electrons. The zero-order valence-electron chi connectivity index (χ0n) is 14.6. The average Bonchev–Trinajstić information content (AvgIpc) is 3.08. The van der Waals surface area contributed by atoms with Crippen LogP contribution in [0, 0.1) is 0 Å². The summed E-state index contributed by atoms with van der Waals surface area (Å²) >= 11 is 5.78. The Labute approximate surface area is 168 Å². The molecule has 2 aromatic heterocycles. The van der Waals surface area contributed by atoms with Crippen LogP contribution >= 0.6 is 19.2 Å². The number of aliphatic hydroxyl groups excluding tert-OH is 2. The molecule has 1 fully saturated rings. The summed E-state index contributed by atoms with van der Waals surface area (Å²) in [4.78, 5) is 30.0. The maximum absolute atomic E-state index is 11.6. The molecule has 5 atom stereocenters. The fourth-order valence-corrected chi connectivity index (χ4v) is 5.61. The van der Waals surface area contributed by atoms with Crippen LogP contribution < -0.4 is 5.73 Å². The van der Waals surface area contributed by atoms with Crippen LogP contribution in [0.1, 0.15) is 6.23 Å². The molecule has 3 rings (SSSR count). The van der Waals surface area contributed by atoms with Crippen molar-refractivity contribution in [3.05, 3.63) is 11.6 Å². The highest BCUT2D eigenvalue weighted by molar-refractivity contribution is 7.97. The minimum atomic E-state index is -5.17. The smallest absolute Gasteiger partial charge is 0.369 e. The Bertz CT molecular complexity index is 1080. The van der Waals surface area contributed by atoms with Crippen molar-refractivity contribution < 1.29 is 42.5 Å². The second-order valence-corrected chi connectivity index (χ2v) is 10.7. The molecule has 29 heavy (non-hydrogen) atoms. The van der Waals surface area contributed by atoms with Crippen molar-refractivity contribution in [2.75, 3.05) is 18.6 Å². The van der Waals surface area contributed by atoms with Crippen LogP contribution in [0.5, 0.6) is 0 Å². The summed E-state index contributed by atoms with van der Waals surface area (Å²) in [6.07, 6.45) is -3.89. The molecule has 1 aliphatic rings. The van der Waals surface area contributed by atoms with Gasteiger partial charge in [0.2, 0.25) is 5.28 Å². The first-order valence-corrected chi connectivity index (χ1v) is 11.8. The maximum Gasteiger partial charge on any atom is 0.369 e. The lowest BCUT2D eigenvalue weighted by atomic mass is 10.1. The van der Waals surface area contributed by atoms with Crippen molar-refractivity contribution in [1.29, 1.82) is 0 Å². The maximum atomic E-state index is 11.6. The Kier molecular flexibility index (Phi) is 5.90. The van der Waals surface area contributed by atoms with E-state index in [9.17, 15) is 33.0 Å². The van der Waals surface area contributed by atoms with E-state index in [0.29, 0.717) is 6.26 Å². The zero-order valence-corrected chi connectivity index (χ0v) is 17.1. The van der Waals surface area contributed by atoms with E-state index in [4.69, 9.17) is 26.8 Å². The van der Waals surface area contributed by atoms with Crippen LogP contribution in [-0.2, 0) is 23.9 Å². The lowest BCUT2D eigenvalue weighted by molar-refractivity contribution is -0.0647. The number of aromatic nitrogens is 4. The standard InChI is InChI=1S/C12H17ClN5O9PS/c1-29(24,25)12(28(21,22)23)26-2-4-6(19)7(20)10(27-4)18-3-15-5-8(14)16-11(13)17-9(5)18/h3-4,6-7,10,12,19-20H,2H2,1H3,(H2,14,16,17)(H2,21,22,23). The highest BCUT2D eigenvalue weighted by Crippen LogP contribution is 2.45. The van der Waals surface area contributed by atoms with Crippen LogP contribution in [0.2, 0.25) is 5.28 Å². The third-order valence-electron chi connectivity index (χ3n) is 4.08. The van der Waals surface area contributed by atoms with Gasteiger partial charge in [0.1, 0.15) is 23.8 Å². The number of nitrogens with zero attached hydrogens (tertiary/aromatic N) is 4. The Hall–Kier alpha value is -1.42. The molecule has 0 radical (unpaired) electrons. The first-order valence-electron chi connectivity index (χ1n) is 7.83. The predicted molar refractivity (Wildman–Crippen MR) is 97.3 cm³/mol. The summed E-state index contributed by atoms with van der Waals surface area (Å²) < 4.78 is 46.1. The van der Waals surface area contributed by atoms with Crippen LogP contribution in [-0.4, -0.2) is 84.3 Å². The number of ether oxygens (including phenoxy) is 2. The first kappa shape index (κ1) is 22.3. The number of sulfone groups is 1. The van der Waals surface area contributed by atoms with Gasteiger partial charge in [0.15, 0.2) is 27.5 Å². The number of fused-ring (bicyclic) bond motifs is 1. The summed E-state index contributed by atoms with van der Waals surface area (Å²) in [5.74, 6) is -0.0238. The minimum Gasteiger partial charge on any atom is -0.387 e. The van der Waals surface area contributed by atoms with Crippen LogP contribution in [0.15, 0.2) is 6.33 Å². The third kappa shape index (κ3) is 4.38. The predicted octanol–water partition coefficient (Wildman–Crippen LogP) is -1.80. The molecule has 17 heteroatoms. The fourth-order valence-electron chi connectivity index (χ4n) is 2.84. The lowest BCUT2D eigenvalue weighted by Crippen LogP contribution is -2.36. The normalized spacial score (nSPS) is 26.8. The molecule has 0 amide bonds. The van der Waals surface area contributed by atoms with Crippen molar-refractivity contribution in [2.45, 2.75) is 29.7 Å². The number of nitrogen functional groups attached to an aromatic ring is 1. The van der Waals surface area contributed by atoms with Crippen molar-refractivity contribution >= 4 is 46.0 Å². The fraction of sp³-hybridized carbons (Fsp3) is 0.583. The van der Waals surface area contributed by atoms with E-state index in [-0.39, 0.29) is 22.3 Å². The Morgan fingerprint density at radius 1 is 1.38 bits per heavy atom. The Morgan fingerprint density at radius 2 is 2.03 bits per heavy atom. The van der Waals surface area contributed by atoms with Crippen molar-refractivity contribution in [3.8, 4) is 0 Å². The van der Waals surface area contributed by atoms with E-state index < -0.39 is 53.8 Å². The number of aliphatic hydroxyl groups is 2. The van der Waals surface area contributed by atoms with Crippen LogP contribution in [0.4, 0.5) is 5.82 Å². The molecule has 0 saturated carbocycles. The van der Waals surface area contributed by atoms with E-state index >= 15 is 0 Å². The molecule has 0 aliphatic carbocycles.